The fraction of sp³-hybridized carbons (Fsp3) is 0.0667. The molecule has 3 rings (SSSR count). The molecule has 3 aromatic rings. The van der Waals surface area contributed by atoms with Crippen LogP contribution in [0.25, 0.3) is 16.7 Å². The second-order valence-electron chi connectivity index (χ2n) is 4.44. The molecule has 0 saturated carbocycles. The van der Waals surface area contributed by atoms with E-state index >= 15 is 0 Å². The van der Waals surface area contributed by atoms with Gasteiger partial charge in [-0.25, -0.2) is 4.98 Å². The first kappa shape index (κ1) is 13.3. The van der Waals surface area contributed by atoms with Crippen LogP contribution in [-0.4, -0.2) is 16.7 Å². The van der Waals surface area contributed by atoms with E-state index in [1.807, 2.05) is 6.07 Å². The predicted octanol–water partition coefficient (Wildman–Crippen LogP) is 3.14. The highest BCUT2D eigenvalue weighted by molar-refractivity contribution is 6.31. The summed E-state index contributed by atoms with van der Waals surface area (Å²) in [5.74, 6) is 0.880. The molecular weight excluding hydrogens is 288 g/mol. The van der Waals surface area contributed by atoms with Crippen molar-refractivity contribution in [1.82, 2.24) is 9.55 Å². The lowest BCUT2D eigenvalue weighted by atomic mass is 10.2. The first-order valence-corrected chi connectivity index (χ1v) is 6.54. The van der Waals surface area contributed by atoms with Crippen LogP contribution in [0.1, 0.15) is 5.56 Å². The summed E-state index contributed by atoms with van der Waals surface area (Å²) in [5.41, 5.74) is 8.77. The summed E-state index contributed by atoms with van der Waals surface area (Å²) in [7, 11) is 1.55. The van der Waals surface area contributed by atoms with Crippen molar-refractivity contribution < 1.29 is 4.74 Å². The van der Waals surface area contributed by atoms with Gasteiger partial charge in [0.15, 0.2) is 0 Å². The van der Waals surface area contributed by atoms with Gasteiger partial charge in [0.25, 0.3) is 0 Å². The van der Waals surface area contributed by atoms with Crippen LogP contribution in [0.2, 0.25) is 5.02 Å². The van der Waals surface area contributed by atoms with Crippen molar-refractivity contribution in [2.45, 2.75) is 0 Å². The molecular formula is C15H11ClN4O. The molecule has 0 saturated heterocycles. The minimum atomic E-state index is 0.329. The van der Waals surface area contributed by atoms with E-state index in [1.165, 1.54) is 0 Å². The number of nitrogens with two attached hydrogens (primary N) is 1. The topological polar surface area (TPSA) is 76.9 Å². The van der Waals surface area contributed by atoms with Crippen molar-refractivity contribution >= 4 is 28.6 Å². The minimum Gasteiger partial charge on any atom is -0.495 e. The summed E-state index contributed by atoms with van der Waals surface area (Å²) >= 11 is 5.97. The average Bonchev–Trinajstić information content (AvgIpc) is 2.81. The van der Waals surface area contributed by atoms with Crippen LogP contribution in [0.15, 0.2) is 36.4 Å². The van der Waals surface area contributed by atoms with Crippen molar-refractivity contribution in [1.29, 1.82) is 5.26 Å². The molecule has 0 atom stereocenters. The number of fused-ring (bicyclic) bond motifs is 1. The summed E-state index contributed by atoms with van der Waals surface area (Å²) in [6.07, 6.45) is 0. The molecule has 1 heterocycles. The van der Waals surface area contributed by atoms with Gasteiger partial charge in [0.1, 0.15) is 5.75 Å². The molecule has 5 nitrogen and oxygen atoms in total. The van der Waals surface area contributed by atoms with Crippen LogP contribution in [-0.2, 0) is 0 Å². The highest BCUT2D eigenvalue weighted by atomic mass is 35.5. The lowest BCUT2D eigenvalue weighted by Crippen LogP contribution is -2.03. The number of halogens is 1. The lowest BCUT2D eigenvalue weighted by Gasteiger charge is -2.11. The molecule has 2 aromatic carbocycles. The number of benzene rings is 2. The summed E-state index contributed by atoms with van der Waals surface area (Å²) in [6.45, 7) is 0. The summed E-state index contributed by atoms with van der Waals surface area (Å²) < 4.78 is 7.13. The zero-order valence-electron chi connectivity index (χ0n) is 11.2. The van der Waals surface area contributed by atoms with Crippen molar-refractivity contribution in [3.05, 3.63) is 47.0 Å². The van der Waals surface area contributed by atoms with Crippen LogP contribution in [0.4, 0.5) is 5.95 Å². The maximum Gasteiger partial charge on any atom is 0.206 e. The fourth-order valence-electron chi connectivity index (χ4n) is 2.26. The summed E-state index contributed by atoms with van der Waals surface area (Å²) in [4.78, 5) is 4.30. The van der Waals surface area contributed by atoms with Crippen molar-refractivity contribution in [2.75, 3.05) is 12.8 Å². The van der Waals surface area contributed by atoms with E-state index in [1.54, 1.807) is 42.0 Å². The lowest BCUT2D eigenvalue weighted by molar-refractivity contribution is 0.413. The minimum absolute atomic E-state index is 0.329. The number of nitrogens with zero attached hydrogens (tertiary/aromatic N) is 3. The van der Waals surface area contributed by atoms with Gasteiger partial charge >= 0.3 is 0 Å². The number of hydrogen-bond acceptors (Lipinski definition) is 4. The van der Waals surface area contributed by atoms with E-state index in [-0.39, 0.29) is 0 Å². The number of rotatable bonds is 2. The van der Waals surface area contributed by atoms with Crippen LogP contribution in [0.3, 0.4) is 0 Å². The van der Waals surface area contributed by atoms with Gasteiger partial charge in [0, 0.05) is 11.1 Å². The number of hydrogen-bond donors (Lipinski definition) is 1. The van der Waals surface area contributed by atoms with Gasteiger partial charge in [0.2, 0.25) is 5.95 Å². The fourth-order valence-corrected chi connectivity index (χ4v) is 2.42. The second-order valence-corrected chi connectivity index (χ2v) is 4.87. The Balaban J connectivity index is 2.30. The molecule has 0 unspecified atom stereocenters. The Bertz CT molecular complexity index is 879. The highest BCUT2D eigenvalue weighted by Crippen LogP contribution is 2.31. The molecule has 2 N–H and O–H groups in total. The van der Waals surface area contributed by atoms with E-state index in [0.717, 1.165) is 11.2 Å². The predicted molar refractivity (Wildman–Crippen MR) is 81.8 cm³/mol. The first-order valence-electron chi connectivity index (χ1n) is 6.16. The Morgan fingerprint density at radius 1 is 1.29 bits per heavy atom. The number of ether oxygens (including phenoxy) is 1. The average molecular weight is 299 g/mol. The Hall–Kier alpha value is -2.71. The maximum absolute atomic E-state index is 8.97. The van der Waals surface area contributed by atoms with Crippen molar-refractivity contribution in [2.24, 2.45) is 0 Å². The molecule has 21 heavy (non-hydrogen) atoms. The number of anilines is 1. The van der Waals surface area contributed by atoms with Crippen molar-refractivity contribution in [3.63, 3.8) is 0 Å². The molecule has 0 bridgehead atoms. The van der Waals surface area contributed by atoms with E-state index in [0.29, 0.717) is 27.8 Å². The number of methoxy groups -OCH3 is 1. The van der Waals surface area contributed by atoms with E-state index in [9.17, 15) is 0 Å². The van der Waals surface area contributed by atoms with E-state index < -0.39 is 0 Å². The van der Waals surface area contributed by atoms with Gasteiger partial charge in [-0.1, -0.05) is 11.6 Å². The van der Waals surface area contributed by atoms with Crippen LogP contribution >= 0.6 is 11.6 Å². The number of nitrogen functional groups attached to an aromatic ring is 1. The molecule has 0 fully saturated rings. The van der Waals surface area contributed by atoms with E-state index in [4.69, 9.17) is 27.3 Å². The third-order valence-corrected chi connectivity index (χ3v) is 3.43. The SMILES string of the molecule is COc1cc(C#N)ccc1-n1c(N)nc2cc(Cl)ccc21. The second kappa shape index (κ2) is 5.00. The van der Waals surface area contributed by atoms with Gasteiger partial charge in [-0.05, 0) is 30.3 Å². The molecule has 0 aliphatic carbocycles. The Morgan fingerprint density at radius 3 is 2.81 bits per heavy atom. The number of nitriles is 1. The van der Waals surface area contributed by atoms with Gasteiger partial charge in [-0.3, -0.25) is 4.57 Å². The number of imidazole rings is 1. The van der Waals surface area contributed by atoms with Gasteiger partial charge in [0.05, 0.1) is 35.5 Å². The van der Waals surface area contributed by atoms with Crippen LogP contribution < -0.4 is 10.5 Å². The highest BCUT2D eigenvalue weighted by Gasteiger charge is 2.14. The third kappa shape index (κ3) is 2.16. The molecule has 1 aromatic heterocycles. The van der Waals surface area contributed by atoms with Crippen molar-refractivity contribution in [3.8, 4) is 17.5 Å². The normalized spacial score (nSPS) is 10.5. The Labute approximate surface area is 126 Å². The third-order valence-electron chi connectivity index (χ3n) is 3.19. The maximum atomic E-state index is 8.97. The standard InChI is InChI=1S/C15H11ClN4O/c1-21-14-6-9(8-17)2-4-13(14)20-12-5-3-10(16)7-11(12)19-15(20)18/h2-7H,1H3,(H2,18,19). The molecule has 0 aliphatic heterocycles. The molecule has 0 aliphatic rings. The zero-order chi connectivity index (χ0) is 15.0. The van der Waals surface area contributed by atoms with Crippen LogP contribution in [0, 0.1) is 11.3 Å². The smallest absolute Gasteiger partial charge is 0.206 e. The molecule has 6 heteroatoms. The summed E-state index contributed by atoms with van der Waals surface area (Å²) in [5, 5.41) is 9.57. The van der Waals surface area contributed by atoms with Gasteiger partial charge in [-0.2, -0.15) is 5.26 Å². The molecule has 0 amide bonds. The zero-order valence-corrected chi connectivity index (χ0v) is 11.9. The monoisotopic (exact) mass is 298 g/mol. The Morgan fingerprint density at radius 2 is 2.10 bits per heavy atom. The van der Waals surface area contributed by atoms with Gasteiger partial charge < -0.3 is 10.5 Å². The largest absolute Gasteiger partial charge is 0.495 e. The Kier molecular flexibility index (Phi) is 3.16. The summed E-state index contributed by atoms with van der Waals surface area (Å²) in [6, 6.07) is 12.6. The quantitative estimate of drug-likeness (QED) is 0.788. The number of aromatic nitrogens is 2. The first-order chi connectivity index (χ1) is 10.1. The molecule has 0 spiro atoms. The molecule has 104 valence electrons. The van der Waals surface area contributed by atoms with E-state index in [2.05, 4.69) is 11.1 Å². The van der Waals surface area contributed by atoms with Crippen LogP contribution in [0.5, 0.6) is 5.75 Å². The van der Waals surface area contributed by atoms with Gasteiger partial charge in [-0.15, -0.1) is 0 Å². The molecule has 0 radical (unpaired) electrons.